The summed E-state index contributed by atoms with van der Waals surface area (Å²) in [6.45, 7) is 10.1. The average Bonchev–Trinajstić information content (AvgIpc) is 3.10. The molecule has 0 saturated heterocycles. The Hall–Kier alpha value is -2.37. The van der Waals surface area contributed by atoms with Gasteiger partial charge in [-0.05, 0) is 24.8 Å². The molecule has 6 heteroatoms. The molecule has 2 rings (SSSR count). The lowest BCUT2D eigenvalue weighted by Crippen LogP contribution is -2.39. The van der Waals surface area contributed by atoms with Crippen LogP contribution in [0.25, 0.3) is 0 Å². The van der Waals surface area contributed by atoms with Gasteiger partial charge in [-0.15, -0.1) is 0 Å². The number of nitrogens with one attached hydrogen (secondary N) is 2. The van der Waals surface area contributed by atoms with Crippen molar-refractivity contribution in [2.24, 2.45) is 4.99 Å². The number of benzene rings is 1. The van der Waals surface area contributed by atoms with Gasteiger partial charge < -0.3 is 15.2 Å². The maximum atomic E-state index is 5.26. The van der Waals surface area contributed by atoms with Crippen molar-refractivity contribution in [3.05, 3.63) is 47.1 Å². The second kappa shape index (κ2) is 9.94. The Morgan fingerprint density at radius 3 is 2.50 bits per heavy atom. The van der Waals surface area contributed by atoms with E-state index in [0.717, 1.165) is 37.7 Å². The molecule has 0 spiro atoms. The summed E-state index contributed by atoms with van der Waals surface area (Å²) in [6.07, 6.45) is 1.68. The predicted molar refractivity (Wildman–Crippen MR) is 106 cm³/mol. The minimum absolute atomic E-state index is 0.296. The van der Waals surface area contributed by atoms with E-state index in [2.05, 4.69) is 77.7 Å². The van der Waals surface area contributed by atoms with Gasteiger partial charge in [0.05, 0.1) is 0 Å². The Balaban J connectivity index is 1.69. The van der Waals surface area contributed by atoms with Crippen molar-refractivity contribution in [2.75, 3.05) is 20.1 Å². The summed E-state index contributed by atoms with van der Waals surface area (Å²) in [7, 11) is 1.79. The van der Waals surface area contributed by atoms with Crippen LogP contribution in [0.5, 0.6) is 0 Å². The van der Waals surface area contributed by atoms with Crippen molar-refractivity contribution in [3.63, 3.8) is 0 Å². The van der Waals surface area contributed by atoms with E-state index in [1.807, 2.05) is 0 Å². The third-order valence-electron chi connectivity index (χ3n) is 4.31. The quantitative estimate of drug-likeness (QED) is 0.430. The maximum absolute atomic E-state index is 5.26. The minimum Gasteiger partial charge on any atom is -0.356 e. The minimum atomic E-state index is 0.296. The van der Waals surface area contributed by atoms with Gasteiger partial charge in [-0.2, -0.15) is 4.98 Å². The van der Waals surface area contributed by atoms with E-state index in [0.29, 0.717) is 17.7 Å². The summed E-state index contributed by atoms with van der Waals surface area (Å²) in [5.74, 6) is 3.01. The van der Waals surface area contributed by atoms with Crippen molar-refractivity contribution in [3.8, 4) is 0 Å². The molecule has 0 fully saturated rings. The van der Waals surface area contributed by atoms with Crippen LogP contribution in [0.3, 0.4) is 0 Å². The highest BCUT2D eigenvalue weighted by atomic mass is 16.5. The fourth-order valence-electron chi connectivity index (χ4n) is 2.53. The highest BCUT2D eigenvalue weighted by Crippen LogP contribution is 2.14. The van der Waals surface area contributed by atoms with E-state index in [1.54, 1.807) is 7.05 Å². The third-order valence-corrected chi connectivity index (χ3v) is 4.31. The van der Waals surface area contributed by atoms with Crippen LogP contribution in [-0.2, 0) is 6.42 Å². The normalized spacial score (nSPS) is 13.1. The molecule has 0 bridgehead atoms. The number of hydrogen-bond acceptors (Lipinski definition) is 4. The molecule has 6 nitrogen and oxygen atoms in total. The summed E-state index contributed by atoms with van der Waals surface area (Å²) < 4.78 is 5.26. The topological polar surface area (TPSA) is 75.3 Å². The molecular weight excluding hydrogens is 326 g/mol. The van der Waals surface area contributed by atoms with Crippen LogP contribution in [0, 0.1) is 6.92 Å². The summed E-state index contributed by atoms with van der Waals surface area (Å²) in [6, 6.07) is 8.68. The van der Waals surface area contributed by atoms with E-state index < -0.39 is 0 Å². The molecular formula is C20H31N5O. The Labute approximate surface area is 156 Å². The molecule has 0 aliphatic carbocycles. The highest BCUT2D eigenvalue weighted by molar-refractivity contribution is 5.79. The Morgan fingerprint density at radius 1 is 1.15 bits per heavy atom. The van der Waals surface area contributed by atoms with Gasteiger partial charge in [0, 0.05) is 32.5 Å². The molecule has 1 heterocycles. The lowest BCUT2D eigenvalue weighted by atomic mass is 10.0. The molecule has 142 valence electrons. The van der Waals surface area contributed by atoms with Crippen LogP contribution in [-0.4, -0.2) is 36.2 Å². The van der Waals surface area contributed by atoms with E-state index >= 15 is 0 Å². The first-order valence-electron chi connectivity index (χ1n) is 9.33. The highest BCUT2D eigenvalue weighted by Gasteiger charge is 2.10. The van der Waals surface area contributed by atoms with E-state index in [-0.39, 0.29) is 0 Å². The van der Waals surface area contributed by atoms with Crippen LogP contribution >= 0.6 is 0 Å². The summed E-state index contributed by atoms with van der Waals surface area (Å²) in [5, 5.41) is 10.7. The molecule has 0 aliphatic rings. The number of aryl methyl sites for hydroxylation is 2. The first-order chi connectivity index (χ1) is 12.5. The second-order valence-corrected chi connectivity index (χ2v) is 7.00. The van der Waals surface area contributed by atoms with Crippen LogP contribution in [0.4, 0.5) is 0 Å². The van der Waals surface area contributed by atoms with Gasteiger partial charge in [0.1, 0.15) is 0 Å². The van der Waals surface area contributed by atoms with Crippen LogP contribution in [0.15, 0.2) is 33.8 Å². The van der Waals surface area contributed by atoms with Crippen LogP contribution < -0.4 is 10.6 Å². The van der Waals surface area contributed by atoms with Gasteiger partial charge in [0.2, 0.25) is 5.89 Å². The van der Waals surface area contributed by atoms with E-state index in [1.165, 1.54) is 11.1 Å². The molecule has 1 unspecified atom stereocenters. The molecule has 0 amide bonds. The number of rotatable bonds is 8. The van der Waals surface area contributed by atoms with Crippen molar-refractivity contribution in [1.82, 2.24) is 20.8 Å². The first kappa shape index (κ1) is 19.9. The molecule has 0 saturated carbocycles. The summed E-state index contributed by atoms with van der Waals surface area (Å²) in [4.78, 5) is 8.68. The van der Waals surface area contributed by atoms with Crippen LogP contribution in [0.2, 0.25) is 0 Å². The number of aliphatic imine (C=N–C) groups is 1. The maximum Gasteiger partial charge on any atom is 0.226 e. The molecule has 1 aromatic carbocycles. The second-order valence-electron chi connectivity index (χ2n) is 7.00. The number of hydrogen-bond donors (Lipinski definition) is 2. The Bertz CT molecular complexity index is 690. The number of guanidine groups is 1. The Morgan fingerprint density at radius 2 is 1.88 bits per heavy atom. The largest absolute Gasteiger partial charge is 0.356 e. The third kappa shape index (κ3) is 6.17. The molecule has 2 aromatic rings. The fraction of sp³-hybridized carbons (Fsp3) is 0.550. The lowest BCUT2D eigenvalue weighted by molar-refractivity contribution is 0.368. The molecule has 2 N–H and O–H groups in total. The van der Waals surface area contributed by atoms with Crippen LogP contribution in [0.1, 0.15) is 61.9 Å². The molecule has 1 atom stereocenters. The van der Waals surface area contributed by atoms with Gasteiger partial charge in [-0.3, -0.25) is 4.99 Å². The Kier molecular flexibility index (Phi) is 7.63. The lowest BCUT2D eigenvalue weighted by Gasteiger charge is -2.16. The predicted octanol–water partition coefficient (Wildman–Crippen LogP) is 3.40. The summed E-state index contributed by atoms with van der Waals surface area (Å²) in [5.41, 5.74) is 2.61. The average molecular weight is 358 g/mol. The molecule has 0 aliphatic heterocycles. The van der Waals surface area contributed by atoms with E-state index in [9.17, 15) is 0 Å². The zero-order chi connectivity index (χ0) is 18.9. The standard InChI is InChI=1S/C20H31N5O/c1-14(2)19-24-18(26-25-19)7-6-12-22-20(21-5)23-13-16(4)17-10-8-15(3)9-11-17/h8-11,14,16H,6-7,12-13H2,1-5H3,(H2,21,22,23). The van der Waals surface area contributed by atoms with Gasteiger partial charge in [0.25, 0.3) is 0 Å². The van der Waals surface area contributed by atoms with Crippen molar-refractivity contribution < 1.29 is 4.52 Å². The van der Waals surface area contributed by atoms with Crippen molar-refractivity contribution in [2.45, 2.75) is 52.4 Å². The molecule has 1 aromatic heterocycles. The summed E-state index contributed by atoms with van der Waals surface area (Å²) >= 11 is 0. The SMILES string of the molecule is CN=C(NCCCc1nc(C(C)C)no1)NCC(C)c1ccc(C)cc1. The monoisotopic (exact) mass is 357 g/mol. The zero-order valence-corrected chi connectivity index (χ0v) is 16.5. The van der Waals surface area contributed by atoms with Gasteiger partial charge >= 0.3 is 0 Å². The zero-order valence-electron chi connectivity index (χ0n) is 16.5. The van der Waals surface area contributed by atoms with Gasteiger partial charge in [-0.1, -0.05) is 55.8 Å². The number of nitrogens with zero attached hydrogens (tertiary/aromatic N) is 3. The van der Waals surface area contributed by atoms with Gasteiger partial charge in [-0.25, -0.2) is 0 Å². The van der Waals surface area contributed by atoms with Gasteiger partial charge in [0.15, 0.2) is 11.8 Å². The van der Waals surface area contributed by atoms with E-state index in [4.69, 9.17) is 4.52 Å². The molecule has 0 radical (unpaired) electrons. The smallest absolute Gasteiger partial charge is 0.226 e. The van der Waals surface area contributed by atoms with Crippen molar-refractivity contribution >= 4 is 5.96 Å². The van der Waals surface area contributed by atoms with Crippen molar-refractivity contribution in [1.29, 1.82) is 0 Å². The number of aromatic nitrogens is 2. The molecule has 26 heavy (non-hydrogen) atoms. The first-order valence-corrected chi connectivity index (χ1v) is 9.33. The fourth-order valence-corrected chi connectivity index (χ4v) is 2.53.